The topological polar surface area (TPSA) is 129 Å². The summed E-state index contributed by atoms with van der Waals surface area (Å²) in [6.45, 7) is 2.01. The number of rotatable bonds is 5. The number of likely N-dealkylation sites (tertiary alicyclic amines) is 1. The highest BCUT2D eigenvalue weighted by Crippen LogP contribution is 2.28. The maximum atomic E-state index is 14.1. The lowest BCUT2D eigenvalue weighted by atomic mass is 9.98. The maximum Gasteiger partial charge on any atom is 0.342 e. The van der Waals surface area contributed by atoms with Crippen LogP contribution in [0.3, 0.4) is 0 Å². The number of carboxylic acid groups (broad SMARTS) is 1. The standard InChI is InChI=1S/C24H20FN5O4/c1-14-3-5-17(34-22-20(24(32)33)15(12-26)7-10-29-22)13-30(14)23(31)19-11-16(25)4-6-18(19)21-27-8-2-9-28-21/h2,4,6-11,14,17H,3,5,13H2,1H3,(H,32,33)/t14-,17-/m1/s1. The largest absolute Gasteiger partial charge is 0.477 e. The minimum Gasteiger partial charge on any atom is -0.477 e. The molecule has 10 heteroatoms. The first kappa shape index (κ1) is 22.8. The summed E-state index contributed by atoms with van der Waals surface area (Å²) in [7, 11) is 0. The molecule has 1 N–H and O–H groups in total. The van der Waals surface area contributed by atoms with Crippen LogP contribution in [0.5, 0.6) is 5.88 Å². The van der Waals surface area contributed by atoms with E-state index in [0.717, 1.165) is 6.07 Å². The Morgan fingerprint density at radius 3 is 2.65 bits per heavy atom. The Morgan fingerprint density at radius 1 is 1.18 bits per heavy atom. The first-order chi connectivity index (χ1) is 16.4. The molecule has 0 saturated carbocycles. The number of benzene rings is 1. The first-order valence-electron chi connectivity index (χ1n) is 10.6. The van der Waals surface area contributed by atoms with Gasteiger partial charge >= 0.3 is 5.97 Å². The summed E-state index contributed by atoms with van der Waals surface area (Å²) < 4.78 is 20.0. The van der Waals surface area contributed by atoms with Crippen LogP contribution < -0.4 is 4.74 Å². The van der Waals surface area contributed by atoms with Gasteiger partial charge in [-0.3, -0.25) is 4.79 Å². The summed E-state index contributed by atoms with van der Waals surface area (Å²) >= 11 is 0. The van der Waals surface area contributed by atoms with Gasteiger partial charge in [0.15, 0.2) is 5.82 Å². The number of aromatic carboxylic acids is 1. The molecule has 2 aromatic heterocycles. The van der Waals surface area contributed by atoms with Crippen molar-refractivity contribution >= 4 is 11.9 Å². The number of ether oxygens (including phenoxy) is 1. The average Bonchev–Trinajstić information content (AvgIpc) is 2.85. The molecule has 0 spiro atoms. The smallest absolute Gasteiger partial charge is 0.342 e. The molecule has 3 aromatic rings. The second kappa shape index (κ2) is 9.62. The zero-order valence-corrected chi connectivity index (χ0v) is 18.2. The number of carbonyl (C=O) groups excluding carboxylic acids is 1. The molecule has 3 heterocycles. The van der Waals surface area contributed by atoms with Crippen LogP contribution in [-0.4, -0.2) is 55.5 Å². The maximum absolute atomic E-state index is 14.1. The van der Waals surface area contributed by atoms with Crippen molar-refractivity contribution in [3.63, 3.8) is 0 Å². The van der Waals surface area contributed by atoms with Crippen LogP contribution in [0, 0.1) is 17.1 Å². The summed E-state index contributed by atoms with van der Waals surface area (Å²) in [5, 5.41) is 18.7. The van der Waals surface area contributed by atoms with Gasteiger partial charge < -0.3 is 14.7 Å². The summed E-state index contributed by atoms with van der Waals surface area (Å²) in [5.41, 5.74) is 0.130. The number of nitriles is 1. The van der Waals surface area contributed by atoms with Crippen LogP contribution >= 0.6 is 0 Å². The Morgan fingerprint density at radius 2 is 1.94 bits per heavy atom. The SMILES string of the molecule is C[C@@H]1CC[C@@H](Oc2nccc(C#N)c2C(=O)O)CN1C(=O)c1cc(F)ccc1-c1ncccn1. The number of carbonyl (C=O) groups is 2. The van der Waals surface area contributed by atoms with E-state index in [9.17, 15) is 24.3 Å². The molecule has 0 bridgehead atoms. The molecule has 1 amide bonds. The third kappa shape index (κ3) is 4.54. The number of amides is 1. The van der Waals surface area contributed by atoms with Gasteiger partial charge in [-0.1, -0.05) is 0 Å². The Hall–Kier alpha value is -4.39. The van der Waals surface area contributed by atoms with Crippen molar-refractivity contribution in [2.24, 2.45) is 0 Å². The van der Waals surface area contributed by atoms with Gasteiger partial charge in [0.25, 0.3) is 5.91 Å². The molecule has 4 rings (SSSR count). The van der Waals surface area contributed by atoms with Crippen LogP contribution in [0.25, 0.3) is 11.4 Å². The zero-order valence-electron chi connectivity index (χ0n) is 18.2. The molecule has 1 aromatic carbocycles. The molecule has 1 fully saturated rings. The Bertz CT molecular complexity index is 1280. The van der Waals surface area contributed by atoms with Gasteiger partial charge in [-0.2, -0.15) is 5.26 Å². The third-order valence-electron chi connectivity index (χ3n) is 5.65. The van der Waals surface area contributed by atoms with Crippen LogP contribution in [0.1, 0.15) is 46.0 Å². The van der Waals surface area contributed by atoms with E-state index in [2.05, 4.69) is 15.0 Å². The van der Waals surface area contributed by atoms with E-state index in [-0.39, 0.29) is 35.2 Å². The molecule has 1 aliphatic heterocycles. The lowest BCUT2D eigenvalue weighted by Gasteiger charge is -2.38. The molecule has 9 nitrogen and oxygen atoms in total. The van der Waals surface area contributed by atoms with Crippen molar-refractivity contribution < 1.29 is 23.8 Å². The predicted molar refractivity (Wildman–Crippen MR) is 117 cm³/mol. The Balaban J connectivity index is 1.62. The highest BCUT2D eigenvalue weighted by atomic mass is 19.1. The van der Waals surface area contributed by atoms with Crippen molar-refractivity contribution in [2.75, 3.05) is 6.54 Å². The average molecular weight is 461 g/mol. The van der Waals surface area contributed by atoms with Gasteiger partial charge in [-0.15, -0.1) is 0 Å². The summed E-state index contributed by atoms with van der Waals surface area (Å²) in [6, 6.07) is 8.47. The van der Waals surface area contributed by atoms with Crippen LogP contribution in [-0.2, 0) is 0 Å². The van der Waals surface area contributed by atoms with E-state index in [1.807, 2.05) is 13.0 Å². The van der Waals surface area contributed by atoms with Gasteiger partial charge in [-0.25, -0.2) is 24.1 Å². The van der Waals surface area contributed by atoms with Crippen molar-refractivity contribution in [3.05, 3.63) is 71.4 Å². The predicted octanol–water partition coefficient (Wildman–Crippen LogP) is 3.32. The third-order valence-corrected chi connectivity index (χ3v) is 5.65. The molecular weight excluding hydrogens is 441 g/mol. The van der Waals surface area contributed by atoms with Crippen LogP contribution in [0.15, 0.2) is 48.9 Å². The molecule has 172 valence electrons. The molecule has 0 radical (unpaired) electrons. The molecule has 1 aliphatic rings. The van der Waals surface area contributed by atoms with Gasteiger partial charge in [0.2, 0.25) is 5.88 Å². The van der Waals surface area contributed by atoms with Crippen molar-refractivity contribution in [1.29, 1.82) is 5.26 Å². The van der Waals surface area contributed by atoms with Crippen LogP contribution in [0.4, 0.5) is 4.39 Å². The fraction of sp³-hybridized carbons (Fsp3) is 0.250. The van der Waals surface area contributed by atoms with Gasteiger partial charge in [0.05, 0.1) is 17.7 Å². The minimum atomic E-state index is -1.33. The second-order valence-electron chi connectivity index (χ2n) is 7.84. The van der Waals surface area contributed by atoms with Crippen molar-refractivity contribution in [2.45, 2.75) is 31.9 Å². The number of hydrogen-bond donors (Lipinski definition) is 1. The minimum absolute atomic E-state index is 0.0677. The first-order valence-corrected chi connectivity index (χ1v) is 10.6. The van der Waals surface area contributed by atoms with E-state index in [1.54, 1.807) is 11.0 Å². The Kier molecular flexibility index (Phi) is 6.45. The second-order valence-corrected chi connectivity index (χ2v) is 7.84. The summed E-state index contributed by atoms with van der Waals surface area (Å²) in [4.78, 5) is 39.1. The van der Waals surface area contributed by atoms with E-state index in [1.165, 1.54) is 36.8 Å². The fourth-order valence-corrected chi connectivity index (χ4v) is 3.92. The summed E-state index contributed by atoms with van der Waals surface area (Å²) in [6.07, 6.45) is 4.92. The zero-order chi connectivity index (χ0) is 24.2. The highest BCUT2D eigenvalue weighted by Gasteiger charge is 2.33. The molecular formula is C24H20FN5O4. The number of nitrogens with zero attached hydrogens (tertiary/aromatic N) is 5. The van der Waals surface area contributed by atoms with Gasteiger partial charge in [-0.05, 0) is 50.1 Å². The fourth-order valence-electron chi connectivity index (χ4n) is 3.92. The number of hydrogen-bond acceptors (Lipinski definition) is 7. The monoisotopic (exact) mass is 461 g/mol. The molecule has 2 atom stereocenters. The highest BCUT2D eigenvalue weighted by molar-refractivity contribution is 6.00. The number of carboxylic acids is 1. The van der Waals surface area contributed by atoms with Crippen LogP contribution in [0.2, 0.25) is 0 Å². The Labute approximate surface area is 194 Å². The lowest BCUT2D eigenvalue weighted by Crippen LogP contribution is -2.49. The lowest BCUT2D eigenvalue weighted by molar-refractivity contribution is 0.0363. The quantitative estimate of drug-likeness (QED) is 0.613. The van der Waals surface area contributed by atoms with E-state index < -0.39 is 23.8 Å². The molecule has 1 saturated heterocycles. The van der Waals surface area contributed by atoms with Crippen molar-refractivity contribution in [3.8, 4) is 23.3 Å². The number of halogens is 1. The van der Waals surface area contributed by atoms with Gasteiger partial charge in [0, 0.05) is 30.2 Å². The number of piperidine rings is 1. The summed E-state index contributed by atoms with van der Waals surface area (Å²) in [5.74, 6) is -2.19. The molecule has 0 aliphatic carbocycles. The van der Waals surface area contributed by atoms with E-state index in [4.69, 9.17) is 4.74 Å². The van der Waals surface area contributed by atoms with Gasteiger partial charge in [0.1, 0.15) is 23.6 Å². The number of aromatic nitrogens is 3. The molecule has 34 heavy (non-hydrogen) atoms. The number of pyridine rings is 1. The van der Waals surface area contributed by atoms with Crippen molar-refractivity contribution in [1.82, 2.24) is 19.9 Å². The normalized spacial score (nSPS) is 17.6. The molecule has 0 unspecified atom stereocenters. The van der Waals surface area contributed by atoms with E-state index >= 15 is 0 Å². The van der Waals surface area contributed by atoms with E-state index in [0.29, 0.717) is 24.2 Å².